The Morgan fingerprint density at radius 2 is 1.62 bits per heavy atom. The van der Waals surface area contributed by atoms with Gasteiger partial charge in [0.25, 0.3) is 0 Å². The molecule has 0 aliphatic carbocycles. The predicted octanol–water partition coefficient (Wildman–Crippen LogP) is 4.09. The maximum absolute atomic E-state index is 4.32. The van der Waals surface area contributed by atoms with Crippen LogP contribution in [0.2, 0.25) is 0 Å². The molecular weight excluding hydrogens is 256 g/mol. The Kier molecular flexibility index (Phi) is 4.27. The number of hydrogen-bond acceptors (Lipinski definition) is 2. The van der Waals surface area contributed by atoms with Crippen LogP contribution in [0.1, 0.15) is 23.6 Å². The van der Waals surface area contributed by atoms with Crippen molar-refractivity contribution >= 4 is 10.8 Å². The van der Waals surface area contributed by atoms with E-state index in [4.69, 9.17) is 0 Å². The van der Waals surface area contributed by atoms with Crippen LogP contribution in [-0.4, -0.2) is 4.98 Å². The van der Waals surface area contributed by atoms with E-state index in [1.54, 1.807) is 0 Å². The lowest BCUT2D eigenvalue weighted by atomic mass is 10.1. The molecular formula is C19H20N2. The molecule has 0 saturated heterocycles. The van der Waals surface area contributed by atoms with E-state index in [-0.39, 0.29) is 0 Å². The van der Waals surface area contributed by atoms with Crippen molar-refractivity contribution < 1.29 is 0 Å². The summed E-state index contributed by atoms with van der Waals surface area (Å²) >= 11 is 0. The monoisotopic (exact) mass is 276 g/mol. The van der Waals surface area contributed by atoms with Gasteiger partial charge in [0.05, 0.1) is 0 Å². The summed E-state index contributed by atoms with van der Waals surface area (Å²) in [7, 11) is 0. The SMILES string of the molecule is CCc1ccc(CNCc2cncc3ccccc23)cc1. The second kappa shape index (κ2) is 6.51. The summed E-state index contributed by atoms with van der Waals surface area (Å²) in [4.78, 5) is 4.32. The molecule has 0 fully saturated rings. The first-order chi connectivity index (χ1) is 10.4. The molecule has 21 heavy (non-hydrogen) atoms. The average Bonchev–Trinajstić information content (AvgIpc) is 2.56. The smallest absolute Gasteiger partial charge is 0.0346 e. The molecule has 0 aliphatic heterocycles. The van der Waals surface area contributed by atoms with E-state index in [0.29, 0.717) is 0 Å². The van der Waals surface area contributed by atoms with Crippen molar-refractivity contribution in [1.29, 1.82) is 0 Å². The van der Waals surface area contributed by atoms with Crippen LogP contribution in [0.5, 0.6) is 0 Å². The van der Waals surface area contributed by atoms with Crippen molar-refractivity contribution in [3.8, 4) is 0 Å². The lowest BCUT2D eigenvalue weighted by Crippen LogP contribution is -2.13. The summed E-state index contributed by atoms with van der Waals surface area (Å²) in [5.74, 6) is 0. The third kappa shape index (κ3) is 3.29. The van der Waals surface area contributed by atoms with Gasteiger partial charge in [0, 0.05) is 30.9 Å². The summed E-state index contributed by atoms with van der Waals surface area (Å²) in [6.45, 7) is 3.90. The molecule has 0 radical (unpaired) electrons. The van der Waals surface area contributed by atoms with E-state index in [1.807, 2.05) is 12.4 Å². The molecule has 0 atom stereocenters. The van der Waals surface area contributed by atoms with E-state index in [9.17, 15) is 0 Å². The molecule has 106 valence electrons. The Balaban J connectivity index is 1.66. The molecule has 0 saturated carbocycles. The third-order valence-electron chi connectivity index (χ3n) is 3.83. The van der Waals surface area contributed by atoms with Crippen LogP contribution in [0.25, 0.3) is 10.8 Å². The second-order valence-corrected chi connectivity index (χ2v) is 5.29. The highest BCUT2D eigenvalue weighted by atomic mass is 14.9. The van der Waals surface area contributed by atoms with Crippen molar-refractivity contribution in [3.05, 3.63) is 77.6 Å². The van der Waals surface area contributed by atoms with Crippen LogP contribution in [0.4, 0.5) is 0 Å². The molecule has 1 aromatic heterocycles. The Hall–Kier alpha value is -2.19. The van der Waals surface area contributed by atoms with Crippen LogP contribution in [0.3, 0.4) is 0 Å². The van der Waals surface area contributed by atoms with Gasteiger partial charge in [-0.3, -0.25) is 4.98 Å². The average molecular weight is 276 g/mol. The van der Waals surface area contributed by atoms with Gasteiger partial charge in [0.1, 0.15) is 0 Å². The van der Waals surface area contributed by atoms with Crippen LogP contribution >= 0.6 is 0 Å². The van der Waals surface area contributed by atoms with Gasteiger partial charge in [-0.2, -0.15) is 0 Å². The Morgan fingerprint density at radius 1 is 0.857 bits per heavy atom. The van der Waals surface area contributed by atoms with Crippen molar-refractivity contribution in [2.24, 2.45) is 0 Å². The minimum absolute atomic E-state index is 0.837. The van der Waals surface area contributed by atoms with E-state index in [2.05, 4.69) is 65.8 Å². The number of fused-ring (bicyclic) bond motifs is 1. The molecule has 3 rings (SSSR count). The molecule has 0 amide bonds. The standard InChI is InChI=1S/C19H20N2/c1-2-15-7-9-16(10-8-15)11-20-13-18-14-21-12-17-5-3-4-6-19(17)18/h3-10,12,14,20H,2,11,13H2,1H3. The summed E-state index contributed by atoms with van der Waals surface area (Å²) in [5.41, 5.74) is 3.95. The first-order valence-electron chi connectivity index (χ1n) is 7.47. The number of rotatable bonds is 5. The number of nitrogens with one attached hydrogen (secondary N) is 1. The summed E-state index contributed by atoms with van der Waals surface area (Å²) in [6.07, 6.45) is 4.97. The number of pyridine rings is 1. The van der Waals surface area contributed by atoms with E-state index < -0.39 is 0 Å². The van der Waals surface area contributed by atoms with Gasteiger partial charge in [0.2, 0.25) is 0 Å². The van der Waals surface area contributed by atoms with Gasteiger partial charge >= 0.3 is 0 Å². The predicted molar refractivity (Wildman–Crippen MR) is 88.1 cm³/mol. The van der Waals surface area contributed by atoms with Gasteiger partial charge in [0.15, 0.2) is 0 Å². The van der Waals surface area contributed by atoms with Gasteiger partial charge in [-0.1, -0.05) is 55.5 Å². The minimum atomic E-state index is 0.837. The molecule has 2 aromatic carbocycles. The highest BCUT2D eigenvalue weighted by Crippen LogP contribution is 2.16. The Bertz CT molecular complexity index is 712. The summed E-state index contributed by atoms with van der Waals surface area (Å²) < 4.78 is 0. The normalized spacial score (nSPS) is 10.9. The number of aromatic nitrogens is 1. The lowest BCUT2D eigenvalue weighted by molar-refractivity contribution is 0.694. The summed E-state index contributed by atoms with van der Waals surface area (Å²) in [6, 6.07) is 17.2. The van der Waals surface area contributed by atoms with Crippen LogP contribution < -0.4 is 5.32 Å². The van der Waals surface area contributed by atoms with E-state index in [0.717, 1.165) is 19.5 Å². The van der Waals surface area contributed by atoms with E-state index in [1.165, 1.54) is 27.5 Å². The zero-order valence-corrected chi connectivity index (χ0v) is 12.3. The number of nitrogens with zero attached hydrogens (tertiary/aromatic N) is 1. The number of benzene rings is 2. The first kappa shape index (κ1) is 13.8. The fourth-order valence-electron chi connectivity index (χ4n) is 2.55. The Labute approximate surface area is 125 Å². The largest absolute Gasteiger partial charge is 0.309 e. The minimum Gasteiger partial charge on any atom is -0.309 e. The molecule has 0 spiro atoms. The molecule has 0 aliphatic rings. The van der Waals surface area contributed by atoms with Gasteiger partial charge < -0.3 is 5.32 Å². The van der Waals surface area contributed by atoms with Crippen molar-refractivity contribution in [3.63, 3.8) is 0 Å². The topological polar surface area (TPSA) is 24.9 Å². The van der Waals surface area contributed by atoms with Gasteiger partial charge in [-0.15, -0.1) is 0 Å². The summed E-state index contributed by atoms with van der Waals surface area (Å²) in [5, 5.41) is 5.98. The van der Waals surface area contributed by atoms with Crippen molar-refractivity contribution in [1.82, 2.24) is 10.3 Å². The van der Waals surface area contributed by atoms with Crippen molar-refractivity contribution in [2.45, 2.75) is 26.4 Å². The van der Waals surface area contributed by atoms with E-state index >= 15 is 0 Å². The van der Waals surface area contributed by atoms with Gasteiger partial charge in [-0.25, -0.2) is 0 Å². The quantitative estimate of drug-likeness (QED) is 0.759. The van der Waals surface area contributed by atoms with Gasteiger partial charge in [-0.05, 0) is 28.5 Å². The lowest BCUT2D eigenvalue weighted by Gasteiger charge is -2.08. The highest BCUT2D eigenvalue weighted by molar-refractivity contribution is 5.84. The molecule has 3 aromatic rings. The van der Waals surface area contributed by atoms with Crippen LogP contribution in [0.15, 0.2) is 60.9 Å². The third-order valence-corrected chi connectivity index (χ3v) is 3.83. The zero-order chi connectivity index (χ0) is 14.5. The second-order valence-electron chi connectivity index (χ2n) is 5.29. The highest BCUT2D eigenvalue weighted by Gasteiger charge is 2.01. The number of hydrogen-bond donors (Lipinski definition) is 1. The Morgan fingerprint density at radius 3 is 2.43 bits per heavy atom. The van der Waals surface area contributed by atoms with Crippen LogP contribution in [0, 0.1) is 0 Å². The zero-order valence-electron chi connectivity index (χ0n) is 12.3. The van der Waals surface area contributed by atoms with Crippen molar-refractivity contribution in [2.75, 3.05) is 0 Å². The maximum Gasteiger partial charge on any atom is 0.0346 e. The molecule has 1 N–H and O–H groups in total. The first-order valence-corrected chi connectivity index (χ1v) is 7.47. The molecule has 2 nitrogen and oxygen atoms in total. The molecule has 0 unspecified atom stereocenters. The fraction of sp³-hybridized carbons (Fsp3) is 0.211. The molecule has 0 bridgehead atoms. The van der Waals surface area contributed by atoms with Crippen LogP contribution in [-0.2, 0) is 19.5 Å². The molecule has 1 heterocycles. The number of aryl methyl sites for hydroxylation is 1. The molecule has 2 heteroatoms. The fourth-order valence-corrected chi connectivity index (χ4v) is 2.55. The maximum atomic E-state index is 4.32.